The van der Waals surface area contributed by atoms with Gasteiger partial charge in [-0.1, -0.05) is 13.8 Å². The van der Waals surface area contributed by atoms with Crippen LogP contribution in [0.5, 0.6) is 11.5 Å². The molecule has 0 unspecified atom stereocenters. The molecular formula is C30H45N3O5. The summed E-state index contributed by atoms with van der Waals surface area (Å²) >= 11 is 0. The normalized spacial score (nSPS) is 14.4. The molecule has 0 spiro atoms. The van der Waals surface area contributed by atoms with E-state index in [2.05, 4.69) is 16.7 Å². The first-order valence-electron chi connectivity index (χ1n) is 13.7. The average Bonchev–Trinajstić information content (AvgIpc) is 2.90. The van der Waals surface area contributed by atoms with E-state index >= 15 is 0 Å². The first-order valence-corrected chi connectivity index (χ1v) is 13.7. The van der Waals surface area contributed by atoms with Crippen LogP contribution in [-0.4, -0.2) is 86.2 Å². The summed E-state index contributed by atoms with van der Waals surface area (Å²) in [6, 6.07) is 11.4. The molecule has 2 aromatic rings. The van der Waals surface area contributed by atoms with E-state index in [1.165, 1.54) is 0 Å². The number of aliphatic hydroxyl groups excluding tert-OH is 1. The Morgan fingerprint density at radius 3 is 2.55 bits per heavy atom. The maximum atomic E-state index is 13.4. The first kappa shape index (κ1) is 29.7. The molecule has 1 heterocycles. The molecule has 38 heavy (non-hydrogen) atoms. The number of carbonyl (C=O) groups excluding carboxylic acids is 1. The summed E-state index contributed by atoms with van der Waals surface area (Å²) in [6.07, 6.45) is 1.81. The molecule has 0 fully saturated rings. The minimum absolute atomic E-state index is 0.0407. The zero-order chi connectivity index (χ0) is 27.9. The lowest BCUT2D eigenvalue weighted by Crippen LogP contribution is -2.39. The topological polar surface area (TPSA) is 85.7 Å². The molecule has 0 saturated heterocycles. The van der Waals surface area contributed by atoms with E-state index in [1.54, 1.807) is 18.1 Å². The van der Waals surface area contributed by atoms with Crippen LogP contribution < -0.4 is 19.3 Å². The Morgan fingerprint density at radius 1 is 1.13 bits per heavy atom. The number of benzene rings is 2. The van der Waals surface area contributed by atoms with Crippen LogP contribution in [0.3, 0.4) is 0 Å². The molecule has 1 atom stereocenters. The highest BCUT2D eigenvalue weighted by Crippen LogP contribution is 2.34. The molecule has 1 aliphatic rings. The lowest BCUT2D eigenvalue weighted by molar-refractivity contribution is 0.0377. The number of rotatable bonds is 14. The maximum absolute atomic E-state index is 13.4. The van der Waals surface area contributed by atoms with Gasteiger partial charge >= 0.3 is 0 Å². The summed E-state index contributed by atoms with van der Waals surface area (Å²) in [5.74, 6) is 1.36. The van der Waals surface area contributed by atoms with Gasteiger partial charge in [0.05, 0.1) is 24.5 Å². The number of methoxy groups -OCH3 is 1. The van der Waals surface area contributed by atoms with Crippen LogP contribution >= 0.6 is 0 Å². The highest BCUT2D eigenvalue weighted by atomic mass is 16.5. The van der Waals surface area contributed by atoms with Crippen LogP contribution in [0.25, 0.3) is 0 Å². The van der Waals surface area contributed by atoms with E-state index < -0.39 is 11.7 Å². The van der Waals surface area contributed by atoms with Crippen molar-refractivity contribution in [3.05, 3.63) is 47.5 Å². The number of anilines is 2. The van der Waals surface area contributed by atoms with Crippen molar-refractivity contribution in [1.29, 1.82) is 0 Å². The molecule has 0 radical (unpaired) electrons. The van der Waals surface area contributed by atoms with Gasteiger partial charge in [0.1, 0.15) is 18.1 Å². The Kier molecular flexibility index (Phi) is 10.4. The summed E-state index contributed by atoms with van der Waals surface area (Å²) in [4.78, 5) is 19.6. The number of carbonyl (C=O) groups is 1. The highest BCUT2D eigenvalue weighted by molar-refractivity contribution is 6.08. The number of amides is 1. The van der Waals surface area contributed by atoms with Crippen molar-refractivity contribution in [3.8, 4) is 11.5 Å². The number of hydrogen-bond acceptors (Lipinski definition) is 7. The van der Waals surface area contributed by atoms with E-state index in [9.17, 15) is 15.0 Å². The van der Waals surface area contributed by atoms with Gasteiger partial charge in [-0.05, 0) is 82.1 Å². The quantitative estimate of drug-likeness (QED) is 0.385. The fraction of sp³-hybridized carbons (Fsp3) is 0.567. The van der Waals surface area contributed by atoms with Crippen LogP contribution in [0.2, 0.25) is 0 Å². The fourth-order valence-electron chi connectivity index (χ4n) is 4.81. The van der Waals surface area contributed by atoms with Crippen LogP contribution in [0, 0.1) is 0 Å². The van der Waals surface area contributed by atoms with Gasteiger partial charge in [0, 0.05) is 44.0 Å². The predicted molar refractivity (Wildman–Crippen MR) is 153 cm³/mol. The first-order chi connectivity index (χ1) is 18.1. The number of fused-ring (bicyclic) bond motifs is 1. The van der Waals surface area contributed by atoms with E-state index in [0.717, 1.165) is 55.2 Å². The second kappa shape index (κ2) is 13.3. The minimum Gasteiger partial charge on any atom is -0.495 e. The monoisotopic (exact) mass is 527 g/mol. The zero-order valence-electron chi connectivity index (χ0n) is 23.9. The molecule has 3 rings (SSSR count). The molecule has 1 amide bonds. The van der Waals surface area contributed by atoms with E-state index in [4.69, 9.17) is 9.47 Å². The predicted octanol–water partition coefficient (Wildman–Crippen LogP) is 3.97. The highest BCUT2D eigenvalue weighted by Gasteiger charge is 2.27. The average molecular weight is 528 g/mol. The molecule has 2 aromatic carbocycles. The van der Waals surface area contributed by atoms with Crippen LogP contribution in [-0.2, 0) is 6.42 Å². The van der Waals surface area contributed by atoms with Gasteiger partial charge in [0.15, 0.2) is 0 Å². The second-order valence-electron chi connectivity index (χ2n) is 10.7. The van der Waals surface area contributed by atoms with Gasteiger partial charge < -0.3 is 34.4 Å². The lowest BCUT2D eigenvalue weighted by atomic mass is 9.98. The Hall–Kier alpha value is -2.81. The standard InChI is InChI=1S/C30H45N3O5/c1-7-24(34)20-38-25-11-12-26-22(18-25)14-17-33(29(26)35)23-10-13-27(28(19-23)37-6)31(5)15-9-16-32(8-2)21-30(3,4)36/h10-13,18-19,24,34,36H,7-9,14-17,20-21H2,1-6H3/t24-/m0/s1. The molecular weight excluding hydrogens is 482 g/mol. The van der Waals surface area contributed by atoms with Gasteiger partial charge in [-0.3, -0.25) is 4.79 Å². The Labute approximate surface area is 227 Å². The Balaban J connectivity index is 1.66. The molecule has 0 bridgehead atoms. The van der Waals surface area contributed by atoms with E-state index in [1.807, 2.05) is 58.2 Å². The van der Waals surface area contributed by atoms with Gasteiger partial charge in [-0.2, -0.15) is 0 Å². The van der Waals surface area contributed by atoms with E-state index in [0.29, 0.717) is 30.8 Å². The molecule has 8 heteroatoms. The summed E-state index contributed by atoms with van der Waals surface area (Å²) in [6.45, 7) is 11.8. The molecule has 8 nitrogen and oxygen atoms in total. The van der Waals surface area contributed by atoms with Gasteiger partial charge in [-0.25, -0.2) is 0 Å². The van der Waals surface area contributed by atoms with Gasteiger partial charge in [0.25, 0.3) is 5.91 Å². The zero-order valence-corrected chi connectivity index (χ0v) is 23.9. The summed E-state index contributed by atoms with van der Waals surface area (Å²) in [5.41, 5.74) is 2.71. The third-order valence-electron chi connectivity index (χ3n) is 6.98. The fourth-order valence-corrected chi connectivity index (χ4v) is 4.81. The lowest BCUT2D eigenvalue weighted by Gasteiger charge is -2.31. The molecule has 2 N–H and O–H groups in total. The Bertz CT molecular complexity index is 1070. The van der Waals surface area contributed by atoms with Crippen LogP contribution in [0.4, 0.5) is 11.4 Å². The maximum Gasteiger partial charge on any atom is 0.258 e. The second-order valence-corrected chi connectivity index (χ2v) is 10.7. The molecule has 0 aromatic heterocycles. The Morgan fingerprint density at radius 2 is 1.89 bits per heavy atom. The summed E-state index contributed by atoms with van der Waals surface area (Å²) in [7, 11) is 3.70. The molecule has 0 saturated carbocycles. The minimum atomic E-state index is -0.707. The van der Waals surface area contributed by atoms with Crippen molar-refractivity contribution >= 4 is 17.3 Å². The van der Waals surface area contributed by atoms with Crippen LogP contribution in [0.15, 0.2) is 36.4 Å². The van der Waals surface area contributed by atoms with Crippen molar-refractivity contribution in [2.24, 2.45) is 0 Å². The largest absolute Gasteiger partial charge is 0.495 e. The number of hydrogen-bond donors (Lipinski definition) is 2. The van der Waals surface area contributed by atoms with Crippen molar-refractivity contribution in [2.75, 3.05) is 63.3 Å². The third-order valence-corrected chi connectivity index (χ3v) is 6.98. The smallest absolute Gasteiger partial charge is 0.258 e. The van der Waals surface area contributed by atoms with Crippen molar-refractivity contribution in [2.45, 2.75) is 58.7 Å². The van der Waals surface area contributed by atoms with Crippen LogP contribution in [0.1, 0.15) is 56.5 Å². The van der Waals surface area contributed by atoms with E-state index in [-0.39, 0.29) is 12.5 Å². The van der Waals surface area contributed by atoms with Crippen molar-refractivity contribution < 1.29 is 24.5 Å². The number of nitrogens with zero attached hydrogens (tertiary/aromatic N) is 3. The summed E-state index contributed by atoms with van der Waals surface area (Å²) < 4.78 is 11.4. The van der Waals surface area contributed by atoms with Gasteiger partial charge in [-0.15, -0.1) is 0 Å². The molecule has 1 aliphatic heterocycles. The SMILES string of the molecule is CC[C@H](O)COc1ccc2c(c1)CCN(c1ccc(N(C)CCCN(CC)CC(C)(C)O)c(OC)c1)C2=O. The number of likely N-dealkylation sites (N-methyl/N-ethyl adjacent to an activating group) is 1. The number of aliphatic hydroxyl groups is 2. The van der Waals surface area contributed by atoms with Gasteiger partial charge in [0.2, 0.25) is 0 Å². The summed E-state index contributed by atoms with van der Waals surface area (Å²) in [5, 5.41) is 19.9. The van der Waals surface area contributed by atoms with Crippen molar-refractivity contribution in [3.63, 3.8) is 0 Å². The number of ether oxygens (including phenoxy) is 2. The third kappa shape index (κ3) is 7.85. The van der Waals surface area contributed by atoms with Crippen molar-refractivity contribution in [1.82, 2.24) is 4.90 Å². The molecule has 210 valence electrons. The molecule has 0 aliphatic carbocycles.